The first-order valence-corrected chi connectivity index (χ1v) is 6.42. The summed E-state index contributed by atoms with van der Waals surface area (Å²) in [5, 5.41) is 2.94. The van der Waals surface area contributed by atoms with Crippen molar-refractivity contribution in [3.63, 3.8) is 0 Å². The second-order valence-electron chi connectivity index (χ2n) is 4.83. The molecule has 3 unspecified atom stereocenters. The van der Waals surface area contributed by atoms with Crippen LogP contribution >= 0.6 is 0 Å². The van der Waals surface area contributed by atoms with Crippen molar-refractivity contribution in [3.8, 4) is 0 Å². The number of carbonyl (C=O) groups excluding carboxylic acids is 2. The third-order valence-corrected chi connectivity index (χ3v) is 3.52. The summed E-state index contributed by atoms with van der Waals surface area (Å²) in [4.78, 5) is 24.6. The van der Waals surface area contributed by atoms with E-state index in [0.717, 1.165) is 6.42 Å². The quantitative estimate of drug-likeness (QED) is 0.760. The number of nitrogens with zero attached hydrogens (tertiary/aromatic N) is 1. The van der Waals surface area contributed by atoms with Crippen LogP contribution in [0, 0.1) is 5.92 Å². The molecule has 6 nitrogen and oxygen atoms in total. The molecule has 0 bridgehead atoms. The number of nitrogens with two attached hydrogens (primary N) is 1. The zero-order valence-corrected chi connectivity index (χ0v) is 11.3. The predicted molar refractivity (Wildman–Crippen MR) is 68.0 cm³/mol. The lowest BCUT2D eigenvalue weighted by Crippen LogP contribution is -2.54. The molecule has 3 N–H and O–H groups in total. The standard InChI is InChI=1S/C12H23N3O3/c1-4-8(2)9(3)14-12(17)15-5-6-18-10(7-15)11(13)16/h8-10H,4-7H2,1-3H3,(H2,13,16)(H,14,17). The number of ether oxygens (including phenoxy) is 1. The lowest BCUT2D eigenvalue weighted by Gasteiger charge is -2.33. The van der Waals surface area contributed by atoms with Crippen LogP contribution in [0.2, 0.25) is 0 Å². The van der Waals surface area contributed by atoms with Crippen LogP contribution in [0.25, 0.3) is 0 Å². The van der Waals surface area contributed by atoms with E-state index in [1.54, 1.807) is 4.90 Å². The number of rotatable bonds is 4. The summed E-state index contributed by atoms with van der Waals surface area (Å²) >= 11 is 0. The summed E-state index contributed by atoms with van der Waals surface area (Å²) < 4.78 is 5.20. The topological polar surface area (TPSA) is 84.7 Å². The fraction of sp³-hybridized carbons (Fsp3) is 0.833. The van der Waals surface area contributed by atoms with Gasteiger partial charge in [0, 0.05) is 12.6 Å². The van der Waals surface area contributed by atoms with E-state index < -0.39 is 12.0 Å². The van der Waals surface area contributed by atoms with E-state index in [1.165, 1.54) is 0 Å². The Balaban J connectivity index is 2.48. The van der Waals surface area contributed by atoms with Gasteiger partial charge in [0.15, 0.2) is 6.10 Å². The fourth-order valence-corrected chi connectivity index (χ4v) is 1.79. The van der Waals surface area contributed by atoms with Gasteiger partial charge in [0.2, 0.25) is 5.91 Å². The molecule has 0 saturated carbocycles. The van der Waals surface area contributed by atoms with Crippen molar-refractivity contribution in [1.82, 2.24) is 10.2 Å². The van der Waals surface area contributed by atoms with Gasteiger partial charge in [-0.05, 0) is 12.8 Å². The number of urea groups is 1. The molecule has 3 amide bonds. The first kappa shape index (κ1) is 14.8. The molecule has 0 aromatic carbocycles. The minimum Gasteiger partial charge on any atom is -0.367 e. The summed E-state index contributed by atoms with van der Waals surface area (Å²) in [6.07, 6.45) is 0.317. The molecule has 0 aromatic rings. The minimum atomic E-state index is -0.691. The van der Waals surface area contributed by atoms with Gasteiger partial charge >= 0.3 is 6.03 Å². The molecule has 3 atom stereocenters. The van der Waals surface area contributed by atoms with Crippen LogP contribution in [0.5, 0.6) is 0 Å². The second kappa shape index (κ2) is 6.58. The van der Waals surface area contributed by atoms with Gasteiger partial charge in [0.1, 0.15) is 0 Å². The van der Waals surface area contributed by atoms with Crippen LogP contribution in [0.4, 0.5) is 4.79 Å². The zero-order valence-electron chi connectivity index (χ0n) is 11.3. The Morgan fingerprint density at radius 2 is 2.17 bits per heavy atom. The smallest absolute Gasteiger partial charge is 0.317 e. The van der Waals surface area contributed by atoms with Crippen molar-refractivity contribution < 1.29 is 14.3 Å². The van der Waals surface area contributed by atoms with Crippen molar-refractivity contribution in [2.45, 2.75) is 39.3 Å². The highest BCUT2D eigenvalue weighted by Gasteiger charge is 2.28. The van der Waals surface area contributed by atoms with Gasteiger partial charge in [-0.1, -0.05) is 20.3 Å². The number of morpholine rings is 1. The normalized spacial score (nSPS) is 23.3. The van der Waals surface area contributed by atoms with E-state index in [1.807, 2.05) is 6.92 Å². The highest BCUT2D eigenvalue weighted by molar-refractivity contribution is 5.81. The summed E-state index contributed by atoms with van der Waals surface area (Å²) in [5.41, 5.74) is 5.18. The maximum Gasteiger partial charge on any atom is 0.317 e. The average molecular weight is 257 g/mol. The van der Waals surface area contributed by atoms with Crippen LogP contribution in [0.15, 0.2) is 0 Å². The Labute approximate surface area is 108 Å². The van der Waals surface area contributed by atoms with Crippen molar-refractivity contribution in [3.05, 3.63) is 0 Å². The van der Waals surface area contributed by atoms with E-state index in [9.17, 15) is 9.59 Å². The van der Waals surface area contributed by atoms with E-state index in [-0.39, 0.29) is 18.6 Å². The van der Waals surface area contributed by atoms with Crippen molar-refractivity contribution >= 4 is 11.9 Å². The highest BCUT2D eigenvalue weighted by Crippen LogP contribution is 2.09. The molecule has 0 spiro atoms. The van der Waals surface area contributed by atoms with Crippen LogP contribution in [0.1, 0.15) is 27.2 Å². The first-order chi connectivity index (χ1) is 8.45. The van der Waals surface area contributed by atoms with Crippen LogP contribution in [0.3, 0.4) is 0 Å². The van der Waals surface area contributed by atoms with Crippen molar-refractivity contribution in [2.24, 2.45) is 11.7 Å². The predicted octanol–water partition coefficient (Wildman–Crippen LogP) is 0.317. The lowest BCUT2D eigenvalue weighted by molar-refractivity contribution is -0.133. The van der Waals surface area contributed by atoms with E-state index in [4.69, 9.17) is 10.5 Å². The van der Waals surface area contributed by atoms with E-state index >= 15 is 0 Å². The molecule has 18 heavy (non-hydrogen) atoms. The highest BCUT2D eigenvalue weighted by atomic mass is 16.5. The Bertz CT molecular complexity index is 309. The van der Waals surface area contributed by atoms with Crippen molar-refractivity contribution in [2.75, 3.05) is 19.7 Å². The maximum absolute atomic E-state index is 12.0. The molecule has 0 aromatic heterocycles. The molecule has 0 aliphatic carbocycles. The molecule has 1 rings (SSSR count). The molecular formula is C12H23N3O3. The van der Waals surface area contributed by atoms with Crippen LogP contribution in [-0.4, -0.2) is 48.7 Å². The molecule has 0 radical (unpaired) electrons. The number of carbonyl (C=O) groups is 2. The monoisotopic (exact) mass is 257 g/mol. The van der Waals surface area contributed by atoms with E-state index in [0.29, 0.717) is 19.1 Å². The van der Waals surface area contributed by atoms with Gasteiger partial charge in [-0.2, -0.15) is 0 Å². The molecular weight excluding hydrogens is 234 g/mol. The van der Waals surface area contributed by atoms with Crippen molar-refractivity contribution in [1.29, 1.82) is 0 Å². The van der Waals surface area contributed by atoms with Gasteiger partial charge in [0.25, 0.3) is 0 Å². The van der Waals surface area contributed by atoms with Gasteiger partial charge in [-0.25, -0.2) is 4.79 Å². The van der Waals surface area contributed by atoms with Crippen LogP contribution in [-0.2, 0) is 9.53 Å². The molecule has 1 aliphatic rings. The third kappa shape index (κ3) is 3.87. The molecule has 1 saturated heterocycles. The Morgan fingerprint density at radius 1 is 1.50 bits per heavy atom. The second-order valence-corrected chi connectivity index (χ2v) is 4.83. The Hall–Kier alpha value is -1.30. The summed E-state index contributed by atoms with van der Waals surface area (Å²) in [6, 6.07) is -0.0466. The zero-order chi connectivity index (χ0) is 13.7. The molecule has 6 heteroatoms. The number of primary amides is 1. The van der Waals surface area contributed by atoms with Gasteiger partial charge in [-0.3, -0.25) is 4.79 Å². The Morgan fingerprint density at radius 3 is 2.72 bits per heavy atom. The third-order valence-electron chi connectivity index (χ3n) is 3.52. The molecule has 1 fully saturated rings. The largest absolute Gasteiger partial charge is 0.367 e. The molecule has 1 aliphatic heterocycles. The average Bonchev–Trinajstić information content (AvgIpc) is 2.37. The number of amides is 3. The van der Waals surface area contributed by atoms with E-state index in [2.05, 4.69) is 19.2 Å². The van der Waals surface area contributed by atoms with Crippen LogP contribution < -0.4 is 11.1 Å². The minimum absolute atomic E-state index is 0.109. The van der Waals surface area contributed by atoms with Gasteiger partial charge in [0.05, 0.1) is 13.2 Å². The molecule has 1 heterocycles. The maximum atomic E-state index is 12.0. The number of nitrogens with one attached hydrogen (secondary N) is 1. The van der Waals surface area contributed by atoms with Gasteiger partial charge < -0.3 is 20.7 Å². The molecule has 104 valence electrons. The lowest BCUT2D eigenvalue weighted by atomic mass is 10.0. The fourth-order valence-electron chi connectivity index (χ4n) is 1.79. The SMILES string of the molecule is CCC(C)C(C)NC(=O)N1CCOC(C(N)=O)C1. The summed E-state index contributed by atoms with van der Waals surface area (Å²) in [6.45, 7) is 7.23. The van der Waals surface area contributed by atoms with Gasteiger partial charge in [-0.15, -0.1) is 0 Å². The first-order valence-electron chi connectivity index (χ1n) is 6.42. The summed E-state index contributed by atoms with van der Waals surface area (Å²) in [7, 11) is 0. The number of hydrogen-bond acceptors (Lipinski definition) is 3. The number of hydrogen-bond donors (Lipinski definition) is 2. The Kier molecular flexibility index (Phi) is 5.40. The summed E-state index contributed by atoms with van der Waals surface area (Å²) in [5.74, 6) is -0.107.